The Morgan fingerprint density at radius 1 is 1.13 bits per heavy atom. The van der Waals surface area contributed by atoms with Crippen LogP contribution in [0.2, 0.25) is 0 Å². The number of phenols is 2. The monoisotopic (exact) mass is 421 g/mol. The Balaban J connectivity index is 1.96. The van der Waals surface area contributed by atoms with Gasteiger partial charge in [0.2, 0.25) is 5.91 Å². The molecule has 2 heterocycles. The first-order valence-electron chi connectivity index (χ1n) is 9.69. The van der Waals surface area contributed by atoms with Gasteiger partial charge in [-0.25, -0.2) is 4.98 Å². The minimum atomic E-state index is -0.0324. The molecule has 2 aromatic carbocycles. The number of aromatic nitrogens is 3. The highest BCUT2D eigenvalue weighted by molar-refractivity contribution is 7.80. The Labute approximate surface area is 179 Å². The maximum absolute atomic E-state index is 12.1. The van der Waals surface area contributed by atoms with Gasteiger partial charge in [0.05, 0.1) is 17.4 Å². The number of nitrogens with zero attached hydrogens (tertiary/aromatic N) is 3. The molecule has 4 aromatic rings. The maximum Gasteiger partial charge on any atom is 0.228 e. The molecule has 0 saturated heterocycles. The molecule has 0 radical (unpaired) electrons. The summed E-state index contributed by atoms with van der Waals surface area (Å²) >= 11 is 4.52. The van der Waals surface area contributed by atoms with Crippen molar-refractivity contribution in [2.45, 2.75) is 39.3 Å². The molecular weight excluding hydrogens is 398 g/mol. The van der Waals surface area contributed by atoms with Gasteiger partial charge in [0.15, 0.2) is 5.16 Å². The Morgan fingerprint density at radius 2 is 1.87 bits per heavy atom. The normalized spacial score (nSPS) is 11.4. The van der Waals surface area contributed by atoms with E-state index in [9.17, 15) is 15.0 Å². The molecular formula is C23H23N3O3S. The van der Waals surface area contributed by atoms with E-state index < -0.39 is 0 Å². The van der Waals surface area contributed by atoms with Crippen molar-refractivity contribution >= 4 is 29.4 Å². The molecule has 6 nitrogen and oxygen atoms in total. The third kappa shape index (κ3) is 2.97. The van der Waals surface area contributed by atoms with Crippen molar-refractivity contribution in [3.05, 3.63) is 53.3 Å². The van der Waals surface area contributed by atoms with E-state index in [-0.39, 0.29) is 17.4 Å². The number of carbonyl (C=O) groups excluding carboxylic acids is 1. The van der Waals surface area contributed by atoms with E-state index in [1.54, 1.807) is 23.8 Å². The van der Waals surface area contributed by atoms with Gasteiger partial charge in [-0.05, 0) is 55.7 Å². The highest BCUT2D eigenvalue weighted by Gasteiger charge is 2.19. The smallest absolute Gasteiger partial charge is 0.228 e. The number of carbonyl (C=O) groups is 1. The van der Waals surface area contributed by atoms with Gasteiger partial charge in [-0.15, -0.1) is 12.6 Å². The first-order valence-corrected chi connectivity index (χ1v) is 10.1. The van der Waals surface area contributed by atoms with E-state index >= 15 is 0 Å². The molecule has 0 atom stereocenters. The molecule has 0 fully saturated rings. The topological polar surface area (TPSA) is 80.3 Å². The SMILES string of the molecule is CCc1cc(-c2cnc(S)n2-c2ccc3c(c2)c(C)c(C)n3C(C)=O)c(O)cc1O. The number of aryl methyl sites for hydroxylation is 2. The van der Waals surface area contributed by atoms with Gasteiger partial charge in [-0.3, -0.25) is 13.9 Å². The fourth-order valence-corrected chi connectivity index (χ4v) is 4.29. The fraction of sp³-hybridized carbons (Fsp3) is 0.217. The van der Waals surface area contributed by atoms with E-state index in [0.717, 1.165) is 33.4 Å². The molecule has 2 N–H and O–H groups in total. The van der Waals surface area contributed by atoms with Crippen LogP contribution in [0.5, 0.6) is 11.5 Å². The molecule has 0 amide bonds. The first-order chi connectivity index (χ1) is 14.2. The molecule has 0 unspecified atom stereocenters. The van der Waals surface area contributed by atoms with Gasteiger partial charge in [-0.2, -0.15) is 0 Å². The van der Waals surface area contributed by atoms with Gasteiger partial charge in [0, 0.05) is 35.3 Å². The molecule has 0 aliphatic carbocycles. The highest BCUT2D eigenvalue weighted by atomic mass is 32.1. The van der Waals surface area contributed by atoms with Crippen molar-refractivity contribution in [2.24, 2.45) is 0 Å². The molecule has 2 aromatic heterocycles. The molecule has 4 rings (SSSR count). The summed E-state index contributed by atoms with van der Waals surface area (Å²) in [5, 5.41) is 22.0. The molecule has 154 valence electrons. The number of thiol groups is 1. The van der Waals surface area contributed by atoms with Crippen molar-refractivity contribution < 1.29 is 15.0 Å². The number of imidazole rings is 1. The number of rotatable bonds is 3. The van der Waals surface area contributed by atoms with Crippen molar-refractivity contribution in [3.63, 3.8) is 0 Å². The predicted octanol–water partition coefficient (Wildman–Crippen LogP) is 5.03. The Bertz CT molecular complexity index is 1320. The van der Waals surface area contributed by atoms with Crippen LogP contribution < -0.4 is 0 Å². The number of aromatic hydroxyl groups is 2. The lowest BCUT2D eigenvalue weighted by Gasteiger charge is -2.14. The average Bonchev–Trinajstić information content (AvgIpc) is 3.19. The van der Waals surface area contributed by atoms with Crippen molar-refractivity contribution in [2.75, 3.05) is 0 Å². The zero-order chi connectivity index (χ0) is 21.7. The molecule has 7 heteroatoms. The summed E-state index contributed by atoms with van der Waals surface area (Å²) in [5.41, 5.74) is 5.56. The number of hydrogen-bond donors (Lipinski definition) is 3. The molecule has 0 spiro atoms. The summed E-state index contributed by atoms with van der Waals surface area (Å²) in [6.45, 7) is 7.43. The largest absolute Gasteiger partial charge is 0.508 e. The van der Waals surface area contributed by atoms with Gasteiger partial charge in [0.1, 0.15) is 11.5 Å². The third-order valence-electron chi connectivity index (χ3n) is 5.67. The number of fused-ring (bicyclic) bond motifs is 1. The highest BCUT2D eigenvalue weighted by Crippen LogP contribution is 2.38. The molecule has 0 saturated carbocycles. The molecule has 0 bridgehead atoms. The summed E-state index contributed by atoms with van der Waals surface area (Å²) in [7, 11) is 0. The standard InChI is InChI=1S/C23H23N3O3S/c1-5-15-8-18(22(29)10-21(15)28)20-11-24-23(30)26(20)16-6-7-19-17(9-16)12(2)13(3)25(19)14(4)27/h6-11,28-29H,5H2,1-4H3,(H,24,30). The second-order valence-corrected chi connectivity index (χ2v) is 7.80. The van der Waals surface area contributed by atoms with Crippen molar-refractivity contribution in [1.29, 1.82) is 0 Å². The van der Waals surface area contributed by atoms with Gasteiger partial charge in [0.25, 0.3) is 0 Å². The van der Waals surface area contributed by atoms with Crippen LogP contribution in [0.1, 0.15) is 35.5 Å². The summed E-state index contributed by atoms with van der Waals surface area (Å²) in [5.74, 6) is 0.00156. The van der Waals surface area contributed by atoms with Crippen LogP contribution in [0, 0.1) is 13.8 Å². The molecule has 0 aliphatic heterocycles. The van der Waals surface area contributed by atoms with Crippen LogP contribution >= 0.6 is 12.6 Å². The van der Waals surface area contributed by atoms with Crippen LogP contribution in [0.25, 0.3) is 27.8 Å². The van der Waals surface area contributed by atoms with Crippen LogP contribution in [0.3, 0.4) is 0 Å². The summed E-state index contributed by atoms with van der Waals surface area (Å²) in [6.07, 6.45) is 2.28. The van der Waals surface area contributed by atoms with Crippen LogP contribution in [-0.4, -0.2) is 30.2 Å². The quantitative estimate of drug-likeness (QED) is 0.405. The van der Waals surface area contributed by atoms with Crippen molar-refractivity contribution in [3.8, 4) is 28.4 Å². The molecule has 30 heavy (non-hydrogen) atoms. The van der Waals surface area contributed by atoms with Gasteiger partial charge < -0.3 is 10.2 Å². The lowest BCUT2D eigenvalue weighted by atomic mass is 10.0. The summed E-state index contributed by atoms with van der Waals surface area (Å²) in [4.78, 5) is 16.4. The summed E-state index contributed by atoms with van der Waals surface area (Å²) in [6, 6.07) is 8.94. The van der Waals surface area contributed by atoms with Crippen LogP contribution in [-0.2, 0) is 6.42 Å². The minimum absolute atomic E-state index is 0.0299. The van der Waals surface area contributed by atoms with E-state index in [4.69, 9.17) is 0 Å². The van der Waals surface area contributed by atoms with E-state index in [0.29, 0.717) is 22.8 Å². The maximum atomic E-state index is 12.1. The number of phenolic OH excluding ortho intramolecular Hbond substituents is 2. The second-order valence-electron chi connectivity index (χ2n) is 7.40. The Kier molecular flexibility index (Phi) is 4.86. The average molecular weight is 422 g/mol. The van der Waals surface area contributed by atoms with Crippen molar-refractivity contribution in [1.82, 2.24) is 14.1 Å². The molecule has 0 aliphatic rings. The zero-order valence-electron chi connectivity index (χ0n) is 17.3. The lowest BCUT2D eigenvalue weighted by Crippen LogP contribution is -2.07. The third-order valence-corrected chi connectivity index (χ3v) is 5.99. The minimum Gasteiger partial charge on any atom is -0.508 e. The van der Waals surface area contributed by atoms with Crippen LogP contribution in [0.4, 0.5) is 0 Å². The Morgan fingerprint density at radius 3 is 2.53 bits per heavy atom. The predicted molar refractivity (Wildman–Crippen MR) is 120 cm³/mol. The van der Waals surface area contributed by atoms with E-state index in [1.807, 2.05) is 43.5 Å². The summed E-state index contributed by atoms with van der Waals surface area (Å²) < 4.78 is 3.55. The van der Waals surface area contributed by atoms with Crippen LogP contribution in [0.15, 0.2) is 41.7 Å². The first kappa shape index (κ1) is 20.1. The number of hydrogen-bond acceptors (Lipinski definition) is 5. The number of benzene rings is 2. The lowest BCUT2D eigenvalue weighted by molar-refractivity contribution is 0.0939. The van der Waals surface area contributed by atoms with E-state index in [2.05, 4.69) is 17.6 Å². The zero-order valence-corrected chi connectivity index (χ0v) is 18.2. The van der Waals surface area contributed by atoms with Gasteiger partial charge in [-0.1, -0.05) is 6.92 Å². The van der Waals surface area contributed by atoms with E-state index in [1.165, 1.54) is 6.07 Å². The Hall–Kier alpha value is -3.19. The second kappa shape index (κ2) is 7.25. The fourth-order valence-electron chi connectivity index (χ4n) is 4.00. The van der Waals surface area contributed by atoms with Gasteiger partial charge >= 0.3 is 0 Å².